The molecule has 0 aliphatic carbocycles. The number of nitrogen functional groups attached to an aromatic ring is 1. The van der Waals surface area contributed by atoms with E-state index in [1.807, 2.05) is 43.6 Å². The lowest BCUT2D eigenvalue weighted by Crippen LogP contribution is -2.23. The molecule has 0 fully saturated rings. The van der Waals surface area contributed by atoms with Crippen LogP contribution in [0.2, 0.25) is 0 Å². The first-order chi connectivity index (χ1) is 14.7. The summed E-state index contributed by atoms with van der Waals surface area (Å²) in [6.45, 7) is 1.95. The van der Waals surface area contributed by atoms with Crippen LogP contribution in [0.25, 0.3) is 22.2 Å². The molecule has 4 N–H and O–H groups in total. The number of methoxy groups -OCH3 is 1. The third kappa shape index (κ3) is 4.15. The van der Waals surface area contributed by atoms with Crippen molar-refractivity contribution in [3.63, 3.8) is 0 Å². The number of aromatic nitrogens is 5. The van der Waals surface area contributed by atoms with Gasteiger partial charge in [0.15, 0.2) is 0 Å². The van der Waals surface area contributed by atoms with Gasteiger partial charge in [0, 0.05) is 38.7 Å². The number of nitrogens with two attached hydrogens (primary N) is 1. The number of H-pyrrole nitrogens is 1. The minimum atomic E-state index is 0.465. The van der Waals surface area contributed by atoms with E-state index in [1.54, 1.807) is 13.3 Å². The van der Waals surface area contributed by atoms with Crippen LogP contribution in [0.5, 0.6) is 0 Å². The lowest BCUT2D eigenvalue weighted by Gasteiger charge is -2.18. The maximum atomic E-state index is 5.86. The Morgan fingerprint density at radius 2 is 2.10 bits per heavy atom. The van der Waals surface area contributed by atoms with E-state index in [0.717, 1.165) is 46.0 Å². The largest absolute Gasteiger partial charge is 0.384 e. The number of pyridine rings is 2. The summed E-state index contributed by atoms with van der Waals surface area (Å²) in [7, 11) is 3.69. The van der Waals surface area contributed by atoms with Gasteiger partial charge in [0.2, 0.25) is 0 Å². The summed E-state index contributed by atoms with van der Waals surface area (Å²) in [5.74, 6) is 2.09. The SMILES string of the molecule is COCCN(C)c1cccc(CNc2ncnc3[nH]cc(-c4ccnc(N)c4)c23)n1. The van der Waals surface area contributed by atoms with Gasteiger partial charge in [0.1, 0.15) is 29.4 Å². The Hall–Kier alpha value is -3.72. The molecular formula is C21H24N8O. The Bertz CT molecular complexity index is 1140. The van der Waals surface area contributed by atoms with Crippen LogP contribution >= 0.6 is 0 Å². The van der Waals surface area contributed by atoms with Gasteiger partial charge in [-0.15, -0.1) is 0 Å². The number of anilines is 3. The molecule has 154 valence electrons. The van der Waals surface area contributed by atoms with Crippen LogP contribution in [0, 0.1) is 0 Å². The van der Waals surface area contributed by atoms with Gasteiger partial charge in [0.25, 0.3) is 0 Å². The van der Waals surface area contributed by atoms with Gasteiger partial charge < -0.3 is 25.7 Å². The number of likely N-dealkylation sites (N-methyl/N-ethyl adjacent to an activating group) is 1. The van der Waals surface area contributed by atoms with E-state index < -0.39 is 0 Å². The first-order valence-corrected chi connectivity index (χ1v) is 9.59. The van der Waals surface area contributed by atoms with Crippen molar-refractivity contribution in [2.24, 2.45) is 0 Å². The van der Waals surface area contributed by atoms with Gasteiger partial charge >= 0.3 is 0 Å². The second-order valence-electron chi connectivity index (χ2n) is 6.87. The highest BCUT2D eigenvalue weighted by Crippen LogP contribution is 2.32. The van der Waals surface area contributed by atoms with Crippen LogP contribution in [-0.4, -0.2) is 52.2 Å². The molecule has 0 atom stereocenters. The highest BCUT2D eigenvalue weighted by Gasteiger charge is 2.13. The predicted molar refractivity (Wildman–Crippen MR) is 118 cm³/mol. The molecule has 0 saturated heterocycles. The maximum absolute atomic E-state index is 5.86. The smallest absolute Gasteiger partial charge is 0.143 e. The Labute approximate surface area is 174 Å². The fourth-order valence-corrected chi connectivity index (χ4v) is 3.24. The zero-order valence-electron chi connectivity index (χ0n) is 17.0. The Morgan fingerprint density at radius 1 is 1.20 bits per heavy atom. The van der Waals surface area contributed by atoms with Crippen molar-refractivity contribution in [3.05, 3.63) is 54.7 Å². The molecule has 4 aromatic heterocycles. The Balaban J connectivity index is 1.59. The van der Waals surface area contributed by atoms with E-state index in [2.05, 4.69) is 30.2 Å². The first-order valence-electron chi connectivity index (χ1n) is 9.59. The number of ether oxygens (including phenoxy) is 1. The van der Waals surface area contributed by atoms with E-state index in [4.69, 9.17) is 15.5 Å². The molecule has 9 nitrogen and oxygen atoms in total. The molecule has 0 aromatic carbocycles. The summed E-state index contributed by atoms with van der Waals surface area (Å²) in [6, 6.07) is 9.72. The quantitative estimate of drug-likeness (QED) is 0.410. The van der Waals surface area contributed by atoms with Crippen molar-refractivity contribution in [1.29, 1.82) is 0 Å². The summed E-state index contributed by atoms with van der Waals surface area (Å²) in [5.41, 5.74) is 9.43. The predicted octanol–water partition coefficient (Wildman–Crippen LogP) is 2.69. The summed E-state index contributed by atoms with van der Waals surface area (Å²) in [6.07, 6.45) is 5.13. The molecule has 0 spiro atoms. The zero-order valence-corrected chi connectivity index (χ0v) is 17.0. The second kappa shape index (κ2) is 8.75. The average molecular weight is 404 g/mol. The molecule has 0 saturated carbocycles. The molecule has 0 aliphatic heterocycles. The van der Waals surface area contributed by atoms with Crippen molar-refractivity contribution in [1.82, 2.24) is 24.9 Å². The molecule has 0 amide bonds. The standard InChI is InChI=1S/C21H24N8O/c1-29(8-9-30-2)18-5-3-4-15(28-18)11-24-20-19-16(12-25-21(19)27-13-26-20)14-6-7-23-17(22)10-14/h3-7,10,12-13H,8-9,11H2,1-2H3,(H2,22,23)(H2,24,25,26,27). The maximum Gasteiger partial charge on any atom is 0.143 e. The highest BCUT2D eigenvalue weighted by atomic mass is 16.5. The van der Waals surface area contributed by atoms with Crippen LogP contribution in [0.3, 0.4) is 0 Å². The van der Waals surface area contributed by atoms with Crippen LogP contribution < -0.4 is 16.0 Å². The number of hydrogen-bond acceptors (Lipinski definition) is 8. The van der Waals surface area contributed by atoms with Crippen molar-refractivity contribution >= 4 is 28.5 Å². The summed E-state index contributed by atoms with van der Waals surface area (Å²) >= 11 is 0. The third-order valence-electron chi connectivity index (χ3n) is 4.81. The molecule has 4 rings (SSSR count). The van der Waals surface area contributed by atoms with Crippen LogP contribution in [0.15, 0.2) is 49.1 Å². The molecule has 0 aliphatic rings. The minimum absolute atomic E-state index is 0.465. The molecule has 4 heterocycles. The summed E-state index contributed by atoms with van der Waals surface area (Å²) in [4.78, 5) is 22.9. The molecule has 0 radical (unpaired) electrons. The number of nitrogens with zero attached hydrogens (tertiary/aromatic N) is 5. The van der Waals surface area contributed by atoms with Gasteiger partial charge in [-0.1, -0.05) is 6.07 Å². The number of hydrogen-bond donors (Lipinski definition) is 3. The van der Waals surface area contributed by atoms with Crippen molar-refractivity contribution < 1.29 is 4.74 Å². The molecular weight excluding hydrogens is 380 g/mol. The number of nitrogens with one attached hydrogen (secondary N) is 2. The molecule has 0 unspecified atom stereocenters. The summed E-state index contributed by atoms with van der Waals surface area (Å²) in [5, 5.41) is 4.30. The normalized spacial score (nSPS) is 11.0. The third-order valence-corrected chi connectivity index (χ3v) is 4.81. The number of fused-ring (bicyclic) bond motifs is 1. The van der Waals surface area contributed by atoms with Crippen molar-refractivity contribution in [2.45, 2.75) is 6.54 Å². The van der Waals surface area contributed by atoms with E-state index in [9.17, 15) is 0 Å². The van der Waals surface area contributed by atoms with Gasteiger partial charge in [-0.2, -0.15) is 0 Å². The molecule has 0 bridgehead atoms. The minimum Gasteiger partial charge on any atom is -0.384 e. The molecule has 30 heavy (non-hydrogen) atoms. The monoisotopic (exact) mass is 404 g/mol. The lowest BCUT2D eigenvalue weighted by atomic mass is 10.1. The molecule has 9 heteroatoms. The van der Waals surface area contributed by atoms with E-state index in [1.165, 1.54) is 6.33 Å². The van der Waals surface area contributed by atoms with E-state index in [0.29, 0.717) is 19.0 Å². The van der Waals surface area contributed by atoms with Crippen molar-refractivity contribution in [3.8, 4) is 11.1 Å². The fraction of sp³-hybridized carbons (Fsp3) is 0.238. The topological polar surface area (TPSA) is 118 Å². The van der Waals surface area contributed by atoms with Gasteiger partial charge in [-0.3, -0.25) is 0 Å². The van der Waals surface area contributed by atoms with Crippen LogP contribution in [-0.2, 0) is 11.3 Å². The number of rotatable bonds is 8. The first kappa shape index (κ1) is 19.6. The second-order valence-corrected chi connectivity index (χ2v) is 6.87. The van der Waals surface area contributed by atoms with E-state index in [-0.39, 0.29) is 0 Å². The molecule has 4 aromatic rings. The summed E-state index contributed by atoms with van der Waals surface area (Å²) < 4.78 is 5.15. The lowest BCUT2D eigenvalue weighted by molar-refractivity contribution is 0.206. The van der Waals surface area contributed by atoms with Crippen molar-refractivity contribution in [2.75, 3.05) is 43.3 Å². The highest BCUT2D eigenvalue weighted by molar-refractivity contribution is 6.01. The Kier molecular flexibility index (Phi) is 5.71. The van der Waals surface area contributed by atoms with Gasteiger partial charge in [-0.25, -0.2) is 19.9 Å². The van der Waals surface area contributed by atoms with Crippen LogP contribution in [0.4, 0.5) is 17.5 Å². The zero-order chi connectivity index (χ0) is 20.9. The van der Waals surface area contributed by atoms with E-state index >= 15 is 0 Å². The fourth-order valence-electron chi connectivity index (χ4n) is 3.24. The van der Waals surface area contributed by atoms with Gasteiger partial charge in [-0.05, 0) is 29.8 Å². The van der Waals surface area contributed by atoms with Gasteiger partial charge in [0.05, 0.1) is 24.2 Å². The Morgan fingerprint density at radius 3 is 2.93 bits per heavy atom. The number of aromatic amines is 1. The van der Waals surface area contributed by atoms with Crippen LogP contribution in [0.1, 0.15) is 5.69 Å². The average Bonchev–Trinajstić information content (AvgIpc) is 3.21.